The molecule has 18 heavy (non-hydrogen) atoms. The Labute approximate surface area is 113 Å². The lowest BCUT2D eigenvalue weighted by Gasteiger charge is -2.32. The zero-order chi connectivity index (χ0) is 13.2. The molecular weight excluding hydrogens is 303 g/mol. The predicted octanol–water partition coefficient (Wildman–Crippen LogP) is 2.12. The van der Waals surface area contributed by atoms with E-state index in [4.69, 9.17) is 10.5 Å². The van der Waals surface area contributed by atoms with Crippen LogP contribution in [0.25, 0.3) is 0 Å². The summed E-state index contributed by atoms with van der Waals surface area (Å²) in [6, 6.07) is 2.83. The van der Waals surface area contributed by atoms with Crippen molar-refractivity contribution < 1.29 is 14.2 Å². The van der Waals surface area contributed by atoms with E-state index in [0.29, 0.717) is 48.4 Å². The Morgan fingerprint density at radius 1 is 1.44 bits per heavy atom. The van der Waals surface area contributed by atoms with Crippen molar-refractivity contribution >= 4 is 27.3 Å². The third-order valence-corrected chi connectivity index (χ3v) is 3.73. The molecule has 100 valence electrons. The molecule has 1 heterocycles. The predicted molar refractivity (Wildman–Crippen MR) is 72.0 cm³/mol. The summed E-state index contributed by atoms with van der Waals surface area (Å²) in [6.07, 6.45) is 1.14. The number of nitrogens with one attached hydrogen (secondary N) is 1. The quantitative estimate of drug-likeness (QED) is 0.747. The lowest BCUT2D eigenvalue weighted by molar-refractivity contribution is -0.0543. The van der Waals surface area contributed by atoms with Crippen LogP contribution in [0.4, 0.5) is 15.8 Å². The van der Waals surface area contributed by atoms with Crippen LogP contribution in [0.1, 0.15) is 12.8 Å². The fourth-order valence-corrected chi connectivity index (χ4v) is 2.26. The molecule has 6 heteroatoms. The summed E-state index contributed by atoms with van der Waals surface area (Å²) in [5.74, 6) is -0.384. The van der Waals surface area contributed by atoms with Crippen LogP contribution < -0.4 is 11.1 Å². The van der Waals surface area contributed by atoms with Gasteiger partial charge in [-0.25, -0.2) is 4.39 Å². The molecule has 0 unspecified atom stereocenters. The number of anilines is 2. The second-order valence-corrected chi connectivity index (χ2v) is 5.40. The van der Waals surface area contributed by atoms with Crippen molar-refractivity contribution in [1.82, 2.24) is 0 Å². The topological polar surface area (TPSA) is 67.5 Å². The Morgan fingerprint density at radius 2 is 2.11 bits per heavy atom. The van der Waals surface area contributed by atoms with Gasteiger partial charge in [0.25, 0.3) is 0 Å². The van der Waals surface area contributed by atoms with Gasteiger partial charge in [-0.05, 0) is 22.0 Å². The normalized spacial score (nSPS) is 18.6. The van der Waals surface area contributed by atoms with Crippen molar-refractivity contribution in [3.05, 3.63) is 22.4 Å². The number of nitrogen functional groups attached to an aromatic ring is 1. The van der Waals surface area contributed by atoms with Gasteiger partial charge < -0.3 is 20.9 Å². The fourth-order valence-electron chi connectivity index (χ4n) is 1.90. The van der Waals surface area contributed by atoms with Crippen molar-refractivity contribution in [2.24, 2.45) is 0 Å². The molecule has 1 aliphatic heterocycles. The Hall–Kier alpha value is -0.850. The van der Waals surface area contributed by atoms with Crippen LogP contribution in [0.2, 0.25) is 0 Å². The SMILES string of the molecule is Nc1cc(Br)c(F)cc1NCC1(O)CCOCC1. The molecule has 4 N–H and O–H groups in total. The first-order chi connectivity index (χ1) is 8.50. The van der Waals surface area contributed by atoms with Crippen LogP contribution in [-0.4, -0.2) is 30.5 Å². The molecule has 0 spiro atoms. The molecule has 1 saturated heterocycles. The molecule has 1 aromatic rings. The third-order valence-electron chi connectivity index (χ3n) is 3.12. The first-order valence-electron chi connectivity index (χ1n) is 5.79. The van der Waals surface area contributed by atoms with Crippen LogP contribution in [0.3, 0.4) is 0 Å². The molecule has 1 aromatic carbocycles. The van der Waals surface area contributed by atoms with E-state index in [9.17, 15) is 9.50 Å². The molecule has 0 saturated carbocycles. The summed E-state index contributed by atoms with van der Waals surface area (Å²) in [6.45, 7) is 1.42. The van der Waals surface area contributed by atoms with E-state index in [1.54, 1.807) is 0 Å². The van der Waals surface area contributed by atoms with Crippen LogP contribution in [0.15, 0.2) is 16.6 Å². The first kappa shape index (κ1) is 13.6. The monoisotopic (exact) mass is 318 g/mol. The van der Waals surface area contributed by atoms with Crippen LogP contribution in [-0.2, 0) is 4.74 Å². The maximum absolute atomic E-state index is 13.4. The molecule has 4 nitrogen and oxygen atoms in total. The minimum absolute atomic E-state index is 0.329. The molecule has 1 fully saturated rings. The van der Waals surface area contributed by atoms with E-state index >= 15 is 0 Å². The average molecular weight is 319 g/mol. The van der Waals surface area contributed by atoms with E-state index in [2.05, 4.69) is 21.2 Å². The van der Waals surface area contributed by atoms with Gasteiger partial charge in [0.15, 0.2) is 0 Å². The highest BCUT2D eigenvalue weighted by atomic mass is 79.9. The average Bonchev–Trinajstić information content (AvgIpc) is 2.33. The van der Waals surface area contributed by atoms with Crippen LogP contribution >= 0.6 is 15.9 Å². The lowest BCUT2D eigenvalue weighted by Crippen LogP contribution is -2.42. The summed E-state index contributed by atoms with van der Waals surface area (Å²) >= 11 is 3.07. The molecule has 0 bridgehead atoms. The van der Waals surface area contributed by atoms with Gasteiger partial charge in [-0.1, -0.05) is 0 Å². The lowest BCUT2D eigenvalue weighted by atomic mass is 9.94. The molecule has 1 aliphatic rings. The Morgan fingerprint density at radius 3 is 2.78 bits per heavy atom. The minimum Gasteiger partial charge on any atom is -0.397 e. The molecule has 0 atom stereocenters. The summed E-state index contributed by atoms with van der Waals surface area (Å²) in [5.41, 5.74) is 5.91. The third kappa shape index (κ3) is 3.13. The number of hydrogen-bond donors (Lipinski definition) is 3. The Bertz CT molecular complexity index is 436. The smallest absolute Gasteiger partial charge is 0.139 e. The summed E-state index contributed by atoms with van der Waals surface area (Å²) in [7, 11) is 0. The van der Waals surface area contributed by atoms with Gasteiger partial charge in [-0.2, -0.15) is 0 Å². The summed E-state index contributed by atoms with van der Waals surface area (Å²) < 4.78 is 18.9. The van der Waals surface area contributed by atoms with Gasteiger partial charge in [0.1, 0.15) is 5.82 Å². The second-order valence-electron chi connectivity index (χ2n) is 4.54. The highest BCUT2D eigenvalue weighted by Crippen LogP contribution is 2.28. The zero-order valence-corrected chi connectivity index (χ0v) is 11.5. The number of ether oxygens (including phenoxy) is 1. The largest absolute Gasteiger partial charge is 0.397 e. The highest BCUT2D eigenvalue weighted by molar-refractivity contribution is 9.10. The zero-order valence-electron chi connectivity index (χ0n) is 9.88. The molecule has 0 amide bonds. The summed E-state index contributed by atoms with van der Waals surface area (Å²) in [4.78, 5) is 0. The van der Waals surface area contributed by atoms with Crippen LogP contribution in [0.5, 0.6) is 0 Å². The van der Waals surface area contributed by atoms with Crippen molar-refractivity contribution in [2.75, 3.05) is 30.8 Å². The fraction of sp³-hybridized carbons (Fsp3) is 0.500. The van der Waals surface area contributed by atoms with Gasteiger partial charge in [0, 0.05) is 38.7 Å². The van der Waals surface area contributed by atoms with E-state index in [-0.39, 0.29) is 5.82 Å². The molecule has 0 aliphatic carbocycles. The van der Waals surface area contributed by atoms with E-state index < -0.39 is 5.60 Å². The number of rotatable bonds is 3. The summed E-state index contributed by atoms with van der Waals surface area (Å²) in [5, 5.41) is 13.3. The van der Waals surface area contributed by atoms with E-state index in [1.807, 2.05) is 0 Å². The molecular formula is C12H16BrFN2O2. The van der Waals surface area contributed by atoms with Crippen molar-refractivity contribution in [3.63, 3.8) is 0 Å². The number of halogens is 2. The Balaban J connectivity index is 2.03. The van der Waals surface area contributed by atoms with Gasteiger partial charge in [0.2, 0.25) is 0 Å². The van der Waals surface area contributed by atoms with Gasteiger partial charge >= 0.3 is 0 Å². The number of nitrogens with two attached hydrogens (primary N) is 1. The van der Waals surface area contributed by atoms with Gasteiger partial charge in [-0.15, -0.1) is 0 Å². The van der Waals surface area contributed by atoms with E-state index in [0.717, 1.165) is 0 Å². The highest BCUT2D eigenvalue weighted by Gasteiger charge is 2.29. The second kappa shape index (κ2) is 5.42. The van der Waals surface area contributed by atoms with Crippen molar-refractivity contribution in [1.29, 1.82) is 0 Å². The number of hydrogen-bond acceptors (Lipinski definition) is 4. The molecule has 2 rings (SSSR count). The standard InChI is InChI=1S/C12H16BrFN2O2/c13-8-5-10(15)11(6-9(8)14)16-7-12(17)1-3-18-4-2-12/h5-6,16-17H,1-4,7,15H2. The number of benzene rings is 1. The van der Waals surface area contributed by atoms with Gasteiger partial charge in [-0.3, -0.25) is 0 Å². The van der Waals surface area contributed by atoms with Gasteiger partial charge in [0.05, 0.1) is 21.4 Å². The molecule has 0 aromatic heterocycles. The first-order valence-corrected chi connectivity index (χ1v) is 6.58. The van der Waals surface area contributed by atoms with Crippen LogP contribution in [0, 0.1) is 5.82 Å². The van der Waals surface area contributed by atoms with Crippen molar-refractivity contribution in [3.8, 4) is 0 Å². The molecule has 0 radical (unpaired) electrons. The number of aliphatic hydroxyl groups is 1. The Kier molecular flexibility index (Phi) is 4.09. The maximum atomic E-state index is 13.4. The van der Waals surface area contributed by atoms with E-state index in [1.165, 1.54) is 12.1 Å². The minimum atomic E-state index is -0.811. The van der Waals surface area contributed by atoms with Crippen molar-refractivity contribution in [2.45, 2.75) is 18.4 Å². The maximum Gasteiger partial charge on any atom is 0.139 e.